The lowest BCUT2D eigenvalue weighted by Gasteiger charge is -2.26. The van der Waals surface area contributed by atoms with Crippen molar-refractivity contribution in [1.29, 1.82) is 0 Å². The third-order valence-corrected chi connectivity index (χ3v) is 3.52. The second-order valence-corrected chi connectivity index (χ2v) is 4.67. The van der Waals surface area contributed by atoms with Gasteiger partial charge in [0.25, 0.3) is 0 Å². The first-order valence-electron chi connectivity index (χ1n) is 6.23. The number of Topliss-reactive ketones (excluding diaryl/α,β-unsaturated/α-hetero) is 1. The van der Waals surface area contributed by atoms with Gasteiger partial charge in [0.1, 0.15) is 0 Å². The van der Waals surface area contributed by atoms with Crippen molar-refractivity contribution >= 4 is 5.78 Å². The number of ketones is 1. The lowest BCUT2D eigenvalue weighted by molar-refractivity contribution is -0.128. The standard InChI is InChI=1S/C12H21NO2/c14-12(11-9-15-8-7-13-11)10-5-3-1-2-4-6-10/h10-11,13H,1-9H2. The summed E-state index contributed by atoms with van der Waals surface area (Å²) in [4.78, 5) is 12.2. The second kappa shape index (κ2) is 5.61. The molecule has 3 nitrogen and oxygen atoms in total. The Balaban J connectivity index is 1.87. The van der Waals surface area contributed by atoms with Crippen molar-refractivity contribution in [3.63, 3.8) is 0 Å². The van der Waals surface area contributed by atoms with E-state index in [2.05, 4.69) is 5.32 Å². The highest BCUT2D eigenvalue weighted by molar-refractivity contribution is 5.86. The molecule has 1 heterocycles. The van der Waals surface area contributed by atoms with Crippen molar-refractivity contribution in [2.75, 3.05) is 19.8 Å². The average Bonchev–Trinajstić information content (AvgIpc) is 2.58. The van der Waals surface area contributed by atoms with E-state index in [-0.39, 0.29) is 6.04 Å². The highest BCUT2D eigenvalue weighted by Crippen LogP contribution is 2.24. The van der Waals surface area contributed by atoms with Crippen LogP contribution in [0.5, 0.6) is 0 Å². The van der Waals surface area contributed by atoms with Crippen molar-refractivity contribution < 1.29 is 9.53 Å². The lowest BCUT2D eigenvalue weighted by atomic mass is 9.91. The maximum absolute atomic E-state index is 12.2. The normalized spacial score (nSPS) is 29.7. The molecular formula is C12H21NO2. The van der Waals surface area contributed by atoms with E-state index in [4.69, 9.17) is 4.74 Å². The zero-order chi connectivity index (χ0) is 10.5. The molecule has 3 heteroatoms. The highest BCUT2D eigenvalue weighted by Gasteiger charge is 2.28. The third-order valence-electron chi connectivity index (χ3n) is 3.52. The number of hydrogen-bond donors (Lipinski definition) is 1. The van der Waals surface area contributed by atoms with Crippen LogP contribution in [0.3, 0.4) is 0 Å². The molecular weight excluding hydrogens is 190 g/mol. The summed E-state index contributed by atoms with van der Waals surface area (Å²) < 4.78 is 5.34. The van der Waals surface area contributed by atoms with Crippen LogP contribution in [0.15, 0.2) is 0 Å². The van der Waals surface area contributed by atoms with Gasteiger partial charge in [-0.2, -0.15) is 0 Å². The number of hydrogen-bond acceptors (Lipinski definition) is 3. The summed E-state index contributed by atoms with van der Waals surface area (Å²) >= 11 is 0. The second-order valence-electron chi connectivity index (χ2n) is 4.67. The van der Waals surface area contributed by atoms with Crippen LogP contribution in [-0.2, 0) is 9.53 Å². The maximum atomic E-state index is 12.2. The van der Waals surface area contributed by atoms with E-state index in [1.807, 2.05) is 0 Å². The minimum Gasteiger partial charge on any atom is -0.378 e. The van der Waals surface area contributed by atoms with Crippen LogP contribution in [0.25, 0.3) is 0 Å². The molecule has 1 aliphatic heterocycles. The van der Waals surface area contributed by atoms with Crippen LogP contribution in [-0.4, -0.2) is 31.6 Å². The SMILES string of the molecule is O=C(C1CCCCCC1)C1COCCN1. The Labute approximate surface area is 91.6 Å². The fourth-order valence-electron chi connectivity index (χ4n) is 2.60. The predicted octanol–water partition coefficient (Wildman–Crippen LogP) is 1.51. The van der Waals surface area contributed by atoms with E-state index in [9.17, 15) is 4.79 Å². The molecule has 0 aromatic heterocycles. The molecule has 2 fully saturated rings. The number of carbonyl (C=O) groups excluding carboxylic acids is 1. The monoisotopic (exact) mass is 211 g/mol. The minimum absolute atomic E-state index is 0.0261. The summed E-state index contributed by atoms with van der Waals surface area (Å²) in [6.45, 7) is 2.15. The van der Waals surface area contributed by atoms with Crippen LogP contribution in [0.1, 0.15) is 38.5 Å². The summed E-state index contributed by atoms with van der Waals surface area (Å²) in [6, 6.07) is -0.0261. The van der Waals surface area contributed by atoms with Gasteiger partial charge in [0.2, 0.25) is 0 Å². The number of morpholine rings is 1. The van der Waals surface area contributed by atoms with E-state index >= 15 is 0 Å². The Morgan fingerprint density at radius 3 is 2.47 bits per heavy atom. The number of rotatable bonds is 2. The van der Waals surface area contributed by atoms with Gasteiger partial charge >= 0.3 is 0 Å². The van der Waals surface area contributed by atoms with Crippen molar-refractivity contribution in [3.8, 4) is 0 Å². The number of ether oxygens (including phenoxy) is 1. The summed E-state index contributed by atoms with van der Waals surface area (Å²) in [6.07, 6.45) is 7.25. The molecule has 1 aliphatic carbocycles. The molecule has 0 spiro atoms. The summed E-state index contributed by atoms with van der Waals surface area (Å²) in [5.74, 6) is 0.698. The zero-order valence-corrected chi connectivity index (χ0v) is 9.34. The molecule has 2 aliphatic rings. The van der Waals surface area contributed by atoms with Crippen LogP contribution >= 0.6 is 0 Å². The van der Waals surface area contributed by atoms with Gasteiger partial charge in [0, 0.05) is 12.5 Å². The molecule has 0 amide bonds. The van der Waals surface area contributed by atoms with Crippen LogP contribution in [0.4, 0.5) is 0 Å². The Kier molecular flexibility index (Phi) is 4.15. The molecule has 1 saturated carbocycles. The van der Waals surface area contributed by atoms with E-state index in [0.717, 1.165) is 26.0 Å². The maximum Gasteiger partial charge on any atom is 0.155 e. The Hall–Kier alpha value is -0.410. The smallest absolute Gasteiger partial charge is 0.155 e. The topological polar surface area (TPSA) is 38.3 Å². The predicted molar refractivity (Wildman–Crippen MR) is 58.8 cm³/mol. The van der Waals surface area contributed by atoms with Gasteiger partial charge < -0.3 is 10.1 Å². The van der Waals surface area contributed by atoms with Crippen LogP contribution in [0.2, 0.25) is 0 Å². The highest BCUT2D eigenvalue weighted by atomic mass is 16.5. The lowest BCUT2D eigenvalue weighted by Crippen LogP contribution is -2.48. The zero-order valence-electron chi connectivity index (χ0n) is 9.34. The van der Waals surface area contributed by atoms with Gasteiger partial charge in [-0.15, -0.1) is 0 Å². The fourth-order valence-corrected chi connectivity index (χ4v) is 2.60. The molecule has 15 heavy (non-hydrogen) atoms. The summed E-state index contributed by atoms with van der Waals surface area (Å²) in [7, 11) is 0. The van der Waals surface area contributed by atoms with Gasteiger partial charge in [-0.25, -0.2) is 0 Å². The first kappa shape index (κ1) is 11.1. The van der Waals surface area contributed by atoms with Gasteiger partial charge in [-0.1, -0.05) is 25.7 Å². The molecule has 1 saturated heterocycles. The average molecular weight is 211 g/mol. The summed E-state index contributed by atoms with van der Waals surface area (Å²) in [5, 5.41) is 3.26. The molecule has 0 aromatic rings. The third kappa shape index (κ3) is 3.02. The van der Waals surface area contributed by atoms with Gasteiger partial charge in [0.15, 0.2) is 5.78 Å². The van der Waals surface area contributed by atoms with Crippen LogP contribution < -0.4 is 5.32 Å². The molecule has 1 atom stereocenters. The summed E-state index contributed by atoms with van der Waals surface area (Å²) in [5.41, 5.74) is 0. The van der Waals surface area contributed by atoms with Crippen molar-refractivity contribution in [2.24, 2.45) is 5.92 Å². The molecule has 86 valence electrons. The largest absolute Gasteiger partial charge is 0.378 e. The molecule has 0 radical (unpaired) electrons. The minimum atomic E-state index is -0.0261. The fraction of sp³-hybridized carbons (Fsp3) is 0.917. The van der Waals surface area contributed by atoms with Crippen molar-refractivity contribution in [1.82, 2.24) is 5.32 Å². The Morgan fingerprint density at radius 2 is 1.87 bits per heavy atom. The molecule has 0 aromatic carbocycles. The van der Waals surface area contributed by atoms with Gasteiger partial charge in [-0.05, 0) is 12.8 Å². The van der Waals surface area contributed by atoms with Crippen LogP contribution in [0, 0.1) is 5.92 Å². The Morgan fingerprint density at radius 1 is 1.13 bits per heavy atom. The quantitative estimate of drug-likeness (QED) is 0.704. The first-order chi connectivity index (χ1) is 7.38. The van der Waals surface area contributed by atoms with Gasteiger partial charge in [0.05, 0.1) is 19.3 Å². The van der Waals surface area contributed by atoms with E-state index in [0.29, 0.717) is 18.3 Å². The molecule has 1 N–H and O–H groups in total. The van der Waals surface area contributed by atoms with Gasteiger partial charge in [-0.3, -0.25) is 4.79 Å². The Bertz CT molecular complexity index is 204. The number of carbonyl (C=O) groups is 1. The van der Waals surface area contributed by atoms with E-state index in [1.54, 1.807) is 0 Å². The van der Waals surface area contributed by atoms with Crippen molar-refractivity contribution in [3.05, 3.63) is 0 Å². The molecule has 0 bridgehead atoms. The van der Waals surface area contributed by atoms with E-state index in [1.165, 1.54) is 25.7 Å². The molecule has 1 unspecified atom stereocenters. The molecule has 2 rings (SSSR count). The van der Waals surface area contributed by atoms with Crippen molar-refractivity contribution in [2.45, 2.75) is 44.6 Å². The van der Waals surface area contributed by atoms with E-state index < -0.39 is 0 Å². The first-order valence-corrected chi connectivity index (χ1v) is 6.23. The number of nitrogens with one attached hydrogen (secondary N) is 1.